The number of ether oxygens (including phenoxy) is 1. The summed E-state index contributed by atoms with van der Waals surface area (Å²) in [7, 11) is 1.38. The molecule has 4 nitrogen and oxygen atoms in total. The molecule has 98 valence electrons. The van der Waals surface area contributed by atoms with E-state index in [0.717, 1.165) is 9.13 Å². The third kappa shape index (κ3) is 2.51. The maximum absolute atomic E-state index is 11.1. The lowest BCUT2D eigenvalue weighted by molar-refractivity contribution is 0.112. The van der Waals surface area contributed by atoms with Crippen molar-refractivity contribution in [2.45, 2.75) is 0 Å². The first-order valence-corrected chi connectivity index (χ1v) is 6.50. The van der Waals surface area contributed by atoms with E-state index in [1.807, 2.05) is 24.3 Å². The third-order valence-electron chi connectivity index (χ3n) is 2.77. The Morgan fingerprint density at radius 2 is 1.79 bits per heavy atom. The molecule has 0 unspecified atom stereocenters. The molecule has 0 radical (unpaired) electrons. The van der Waals surface area contributed by atoms with Gasteiger partial charge in [-0.1, -0.05) is 12.1 Å². The number of phenols is 2. The number of hydrogen-bond donors (Lipinski definition) is 2. The van der Waals surface area contributed by atoms with Crippen LogP contribution in [0, 0.1) is 3.57 Å². The van der Waals surface area contributed by atoms with Gasteiger partial charge in [0.1, 0.15) is 0 Å². The minimum absolute atomic E-state index is 0.0412. The van der Waals surface area contributed by atoms with Crippen LogP contribution >= 0.6 is 22.6 Å². The van der Waals surface area contributed by atoms with Crippen molar-refractivity contribution in [3.63, 3.8) is 0 Å². The first-order chi connectivity index (χ1) is 9.08. The lowest BCUT2D eigenvalue weighted by atomic mass is 9.98. The predicted octanol–water partition coefficient (Wildman–Crippen LogP) is 3.19. The van der Waals surface area contributed by atoms with Gasteiger partial charge in [0.15, 0.2) is 17.8 Å². The van der Waals surface area contributed by atoms with E-state index in [9.17, 15) is 15.0 Å². The van der Waals surface area contributed by atoms with Crippen LogP contribution < -0.4 is 4.74 Å². The quantitative estimate of drug-likeness (QED) is 0.495. The molecule has 5 heteroatoms. The largest absolute Gasteiger partial charge is 0.504 e. The predicted molar refractivity (Wildman–Crippen MR) is 79.9 cm³/mol. The Balaban J connectivity index is 2.71. The molecular weight excluding hydrogens is 359 g/mol. The van der Waals surface area contributed by atoms with Crippen LogP contribution in [0.2, 0.25) is 0 Å². The molecule has 0 heterocycles. The zero-order valence-corrected chi connectivity index (χ0v) is 12.2. The highest BCUT2D eigenvalue weighted by atomic mass is 127. The molecule has 19 heavy (non-hydrogen) atoms. The van der Waals surface area contributed by atoms with E-state index in [4.69, 9.17) is 4.74 Å². The molecule has 0 aliphatic carbocycles. The molecule has 0 bridgehead atoms. The maximum Gasteiger partial charge on any atom is 0.201 e. The number of carbonyl (C=O) groups excluding carboxylic acids is 1. The van der Waals surface area contributed by atoms with E-state index in [1.165, 1.54) is 13.2 Å². The second-order valence-electron chi connectivity index (χ2n) is 3.86. The van der Waals surface area contributed by atoms with Crippen LogP contribution in [0.4, 0.5) is 0 Å². The van der Waals surface area contributed by atoms with Gasteiger partial charge in [-0.05, 0) is 51.9 Å². The number of hydrogen-bond acceptors (Lipinski definition) is 4. The summed E-state index contributed by atoms with van der Waals surface area (Å²) < 4.78 is 6.04. The Bertz CT molecular complexity index is 620. The SMILES string of the molecule is COc1cc(-c2ccc(I)cc2)c(C=O)c(O)c1O. The van der Waals surface area contributed by atoms with Crippen LogP contribution in [0.1, 0.15) is 10.4 Å². The van der Waals surface area contributed by atoms with Crippen LogP contribution in [0.3, 0.4) is 0 Å². The standard InChI is InChI=1S/C14H11IO4/c1-19-12-6-10(8-2-4-9(15)5-3-8)11(7-16)13(17)14(12)18/h2-7,17-18H,1H3. The van der Waals surface area contributed by atoms with Gasteiger partial charge in [0.2, 0.25) is 5.75 Å². The molecule has 2 aromatic rings. The molecule has 0 fully saturated rings. The van der Waals surface area contributed by atoms with Gasteiger partial charge in [-0.2, -0.15) is 0 Å². The number of rotatable bonds is 3. The fourth-order valence-corrected chi connectivity index (χ4v) is 2.15. The normalized spacial score (nSPS) is 10.2. The van der Waals surface area contributed by atoms with Gasteiger partial charge >= 0.3 is 0 Å². The van der Waals surface area contributed by atoms with Gasteiger partial charge in [-0.3, -0.25) is 4.79 Å². The molecule has 0 atom stereocenters. The maximum atomic E-state index is 11.1. The first-order valence-electron chi connectivity index (χ1n) is 5.42. The van der Waals surface area contributed by atoms with Crippen molar-refractivity contribution >= 4 is 28.9 Å². The van der Waals surface area contributed by atoms with E-state index in [1.54, 1.807) is 0 Å². The summed E-state index contributed by atoms with van der Waals surface area (Å²) in [6, 6.07) is 8.97. The molecule has 0 aliphatic heterocycles. The number of halogens is 1. The minimum Gasteiger partial charge on any atom is -0.504 e. The first kappa shape index (κ1) is 13.7. The Morgan fingerprint density at radius 3 is 2.32 bits per heavy atom. The molecule has 0 saturated carbocycles. The Morgan fingerprint density at radius 1 is 1.16 bits per heavy atom. The number of methoxy groups -OCH3 is 1. The van der Waals surface area contributed by atoms with Crippen LogP contribution in [0.15, 0.2) is 30.3 Å². The van der Waals surface area contributed by atoms with Crippen molar-refractivity contribution in [3.8, 4) is 28.4 Å². The van der Waals surface area contributed by atoms with Gasteiger partial charge in [-0.15, -0.1) is 0 Å². The van der Waals surface area contributed by atoms with Crippen molar-refractivity contribution in [3.05, 3.63) is 39.5 Å². The van der Waals surface area contributed by atoms with Crippen LogP contribution in [-0.4, -0.2) is 23.6 Å². The fourth-order valence-electron chi connectivity index (χ4n) is 1.79. The summed E-state index contributed by atoms with van der Waals surface area (Å²) in [5.74, 6) is -0.779. The highest BCUT2D eigenvalue weighted by molar-refractivity contribution is 14.1. The summed E-state index contributed by atoms with van der Waals surface area (Å²) in [6.07, 6.45) is 0.516. The summed E-state index contributed by atoms with van der Waals surface area (Å²) in [6.45, 7) is 0. The number of aromatic hydroxyl groups is 2. The molecule has 0 aliphatic rings. The van der Waals surface area contributed by atoms with E-state index in [0.29, 0.717) is 11.8 Å². The van der Waals surface area contributed by atoms with Crippen molar-refractivity contribution in [2.75, 3.05) is 7.11 Å². The van der Waals surface area contributed by atoms with E-state index >= 15 is 0 Å². The van der Waals surface area contributed by atoms with Crippen LogP contribution in [0.5, 0.6) is 17.2 Å². The summed E-state index contributed by atoms with van der Waals surface area (Å²) >= 11 is 2.18. The number of benzene rings is 2. The van der Waals surface area contributed by atoms with E-state index in [2.05, 4.69) is 22.6 Å². The van der Waals surface area contributed by atoms with E-state index in [-0.39, 0.29) is 11.3 Å². The van der Waals surface area contributed by atoms with Crippen LogP contribution in [-0.2, 0) is 0 Å². The van der Waals surface area contributed by atoms with Crippen LogP contribution in [0.25, 0.3) is 11.1 Å². The molecule has 0 spiro atoms. The highest BCUT2D eigenvalue weighted by Gasteiger charge is 2.18. The molecule has 0 saturated heterocycles. The Hall–Kier alpha value is -1.76. The van der Waals surface area contributed by atoms with Crippen molar-refractivity contribution in [2.24, 2.45) is 0 Å². The molecular formula is C14H11IO4. The summed E-state index contributed by atoms with van der Waals surface area (Å²) in [5, 5.41) is 19.5. The topological polar surface area (TPSA) is 66.8 Å². The third-order valence-corrected chi connectivity index (χ3v) is 3.49. The van der Waals surface area contributed by atoms with Gasteiger partial charge < -0.3 is 14.9 Å². The molecule has 2 aromatic carbocycles. The number of aldehydes is 1. The van der Waals surface area contributed by atoms with Gasteiger partial charge in [0.05, 0.1) is 12.7 Å². The lowest BCUT2D eigenvalue weighted by Gasteiger charge is -2.12. The molecule has 0 aromatic heterocycles. The van der Waals surface area contributed by atoms with Crippen molar-refractivity contribution in [1.29, 1.82) is 0 Å². The highest BCUT2D eigenvalue weighted by Crippen LogP contribution is 2.43. The summed E-state index contributed by atoms with van der Waals surface area (Å²) in [4.78, 5) is 11.1. The van der Waals surface area contributed by atoms with Gasteiger partial charge in [0, 0.05) is 3.57 Å². The summed E-state index contributed by atoms with van der Waals surface area (Å²) in [5.41, 5.74) is 1.31. The van der Waals surface area contributed by atoms with Gasteiger partial charge in [0.25, 0.3) is 0 Å². The molecule has 2 rings (SSSR count). The number of carbonyl (C=O) groups is 1. The molecule has 0 amide bonds. The monoisotopic (exact) mass is 370 g/mol. The second-order valence-corrected chi connectivity index (χ2v) is 5.11. The molecule has 2 N–H and O–H groups in total. The van der Waals surface area contributed by atoms with Crippen molar-refractivity contribution < 1.29 is 19.7 Å². The average Bonchev–Trinajstić information content (AvgIpc) is 2.42. The Kier molecular flexibility index (Phi) is 3.94. The number of phenolic OH excluding ortho intramolecular Hbond substituents is 2. The lowest BCUT2D eigenvalue weighted by Crippen LogP contribution is -1.93. The Labute approximate surface area is 123 Å². The van der Waals surface area contributed by atoms with Gasteiger partial charge in [-0.25, -0.2) is 0 Å². The fraction of sp³-hybridized carbons (Fsp3) is 0.0714. The van der Waals surface area contributed by atoms with Crippen molar-refractivity contribution in [1.82, 2.24) is 0 Å². The minimum atomic E-state index is -0.470. The second kappa shape index (κ2) is 5.48. The average molecular weight is 370 g/mol. The smallest absolute Gasteiger partial charge is 0.201 e. The zero-order chi connectivity index (χ0) is 14.0. The zero-order valence-electron chi connectivity index (χ0n) is 10.1. The van der Waals surface area contributed by atoms with E-state index < -0.39 is 11.5 Å².